The molecule has 1 amide bonds. The monoisotopic (exact) mass is 379 g/mol. The first-order valence-corrected chi connectivity index (χ1v) is 9.96. The number of hydrogen-bond donors (Lipinski definition) is 1. The third-order valence-electron chi connectivity index (χ3n) is 5.93. The molecule has 2 unspecified atom stereocenters. The summed E-state index contributed by atoms with van der Waals surface area (Å²) < 4.78 is 5.83. The fraction of sp³-hybridized carbons (Fsp3) is 0.391. The number of carboxylic acids is 1. The van der Waals surface area contributed by atoms with Crippen molar-refractivity contribution in [3.63, 3.8) is 0 Å². The van der Waals surface area contributed by atoms with Crippen molar-refractivity contribution in [3.8, 4) is 11.1 Å². The third-order valence-corrected chi connectivity index (χ3v) is 5.93. The number of aromatic carboxylic acids is 1. The Bertz CT molecular complexity index is 880. The van der Waals surface area contributed by atoms with Gasteiger partial charge in [0.15, 0.2) is 0 Å². The molecule has 146 valence electrons. The summed E-state index contributed by atoms with van der Waals surface area (Å²) in [5.41, 5.74) is 2.04. The van der Waals surface area contributed by atoms with Crippen molar-refractivity contribution in [2.45, 2.75) is 50.8 Å². The van der Waals surface area contributed by atoms with E-state index in [4.69, 9.17) is 4.74 Å². The molecule has 2 fully saturated rings. The normalized spacial score (nSPS) is 23.6. The van der Waals surface area contributed by atoms with Crippen molar-refractivity contribution in [2.75, 3.05) is 6.61 Å². The summed E-state index contributed by atoms with van der Waals surface area (Å²) >= 11 is 0. The minimum Gasteiger partial charge on any atom is -0.478 e. The molecule has 2 heterocycles. The zero-order chi connectivity index (χ0) is 19.7. The van der Waals surface area contributed by atoms with E-state index >= 15 is 0 Å². The lowest BCUT2D eigenvalue weighted by molar-refractivity contribution is -0.00945. The number of amides is 1. The Morgan fingerprint density at radius 3 is 2.07 bits per heavy atom. The minimum absolute atomic E-state index is 0.00163. The summed E-state index contributed by atoms with van der Waals surface area (Å²) in [6.45, 7) is 2.71. The van der Waals surface area contributed by atoms with E-state index in [9.17, 15) is 14.7 Å². The van der Waals surface area contributed by atoms with E-state index in [1.165, 1.54) is 0 Å². The van der Waals surface area contributed by atoms with Crippen LogP contribution in [0.1, 0.15) is 53.3 Å². The highest BCUT2D eigenvalue weighted by Crippen LogP contribution is 2.39. The Hall–Kier alpha value is -2.66. The van der Waals surface area contributed by atoms with Gasteiger partial charge in [0.1, 0.15) is 0 Å². The van der Waals surface area contributed by atoms with Gasteiger partial charge in [0.05, 0.1) is 11.7 Å². The van der Waals surface area contributed by atoms with Gasteiger partial charge in [-0.25, -0.2) is 4.79 Å². The molecular weight excluding hydrogens is 354 g/mol. The number of hydrogen-bond acceptors (Lipinski definition) is 3. The van der Waals surface area contributed by atoms with Gasteiger partial charge in [-0.3, -0.25) is 4.79 Å². The second kappa shape index (κ2) is 7.76. The first-order chi connectivity index (χ1) is 13.6. The van der Waals surface area contributed by atoms with Gasteiger partial charge in [-0.2, -0.15) is 0 Å². The highest BCUT2D eigenvalue weighted by molar-refractivity contribution is 6.05. The molecule has 5 nitrogen and oxygen atoms in total. The van der Waals surface area contributed by atoms with Crippen molar-refractivity contribution in [1.29, 1.82) is 0 Å². The highest BCUT2D eigenvalue weighted by Gasteiger charge is 2.44. The predicted octanol–water partition coefficient (Wildman–Crippen LogP) is 4.22. The number of piperidine rings is 1. The van der Waals surface area contributed by atoms with Crippen LogP contribution in [0, 0.1) is 0 Å². The Morgan fingerprint density at radius 1 is 0.964 bits per heavy atom. The molecule has 2 atom stereocenters. The molecule has 2 aliphatic rings. The van der Waals surface area contributed by atoms with Crippen LogP contribution in [0.2, 0.25) is 0 Å². The predicted molar refractivity (Wildman–Crippen MR) is 106 cm³/mol. The molecule has 2 aromatic carbocycles. The molecule has 0 spiro atoms. The van der Waals surface area contributed by atoms with Gasteiger partial charge in [-0.05, 0) is 55.9 Å². The van der Waals surface area contributed by atoms with Crippen molar-refractivity contribution >= 4 is 11.9 Å². The van der Waals surface area contributed by atoms with Crippen molar-refractivity contribution in [2.24, 2.45) is 0 Å². The number of nitrogens with zero attached hydrogens (tertiary/aromatic N) is 1. The Labute approximate surface area is 164 Å². The zero-order valence-corrected chi connectivity index (χ0v) is 16.0. The Balaban J connectivity index is 1.69. The van der Waals surface area contributed by atoms with Gasteiger partial charge < -0.3 is 14.7 Å². The zero-order valence-electron chi connectivity index (χ0n) is 16.0. The molecular formula is C23H25NO4. The number of benzene rings is 2. The lowest BCUT2D eigenvalue weighted by atomic mass is 9.93. The van der Waals surface area contributed by atoms with Crippen molar-refractivity contribution in [3.05, 3.63) is 59.7 Å². The lowest BCUT2D eigenvalue weighted by Crippen LogP contribution is -2.48. The van der Waals surface area contributed by atoms with Gasteiger partial charge in [-0.15, -0.1) is 0 Å². The van der Waals surface area contributed by atoms with Crippen molar-refractivity contribution < 1.29 is 19.4 Å². The summed E-state index contributed by atoms with van der Waals surface area (Å²) in [6.07, 6.45) is 4.00. The molecule has 28 heavy (non-hydrogen) atoms. The summed E-state index contributed by atoms with van der Waals surface area (Å²) in [4.78, 5) is 27.2. The molecule has 0 saturated carbocycles. The van der Waals surface area contributed by atoms with E-state index in [-0.39, 0.29) is 29.7 Å². The van der Waals surface area contributed by atoms with E-state index in [1.807, 2.05) is 36.1 Å². The van der Waals surface area contributed by atoms with Crippen LogP contribution in [0.3, 0.4) is 0 Å². The summed E-state index contributed by atoms with van der Waals surface area (Å²) in [5, 5.41) is 9.57. The fourth-order valence-electron chi connectivity index (χ4n) is 4.78. The number of carbonyl (C=O) groups excluding carboxylic acids is 1. The van der Waals surface area contributed by atoms with E-state index in [2.05, 4.69) is 0 Å². The van der Waals surface area contributed by atoms with Crippen LogP contribution in [0.5, 0.6) is 0 Å². The van der Waals surface area contributed by atoms with Crippen LogP contribution in [0.15, 0.2) is 48.5 Å². The number of carbonyl (C=O) groups is 2. The fourth-order valence-corrected chi connectivity index (χ4v) is 4.78. The molecule has 2 aliphatic heterocycles. The number of fused-ring (bicyclic) bond motifs is 2. The SMILES string of the molecule is CCOC1CC2CCC(C1)N2C(=O)c1ccccc1-c1ccccc1C(=O)O. The van der Waals surface area contributed by atoms with E-state index in [0.717, 1.165) is 25.7 Å². The molecule has 0 aliphatic carbocycles. The largest absolute Gasteiger partial charge is 0.478 e. The molecule has 2 bridgehead atoms. The minimum atomic E-state index is -0.990. The van der Waals surface area contributed by atoms with Crippen LogP contribution in [-0.4, -0.2) is 46.7 Å². The second-order valence-electron chi connectivity index (χ2n) is 7.54. The summed E-state index contributed by atoms with van der Waals surface area (Å²) in [6, 6.07) is 14.6. The smallest absolute Gasteiger partial charge is 0.336 e. The number of rotatable bonds is 5. The maximum absolute atomic E-state index is 13.5. The van der Waals surface area contributed by atoms with Crippen molar-refractivity contribution in [1.82, 2.24) is 4.90 Å². The highest BCUT2D eigenvalue weighted by atomic mass is 16.5. The Kier molecular flexibility index (Phi) is 5.18. The quantitative estimate of drug-likeness (QED) is 0.844. The molecule has 4 rings (SSSR count). The first kappa shape index (κ1) is 18.7. The second-order valence-corrected chi connectivity index (χ2v) is 7.54. The van der Waals surface area contributed by atoms with Crippen LogP contribution in [-0.2, 0) is 4.74 Å². The van der Waals surface area contributed by atoms with E-state index in [1.54, 1.807) is 24.3 Å². The average molecular weight is 379 g/mol. The molecule has 1 N–H and O–H groups in total. The van der Waals surface area contributed by atoms with Crippen LogP contribution in [0.4, 0.5) is 0 Å². The molecule has 5 heteroatoms. The molecule has 2 saturated heterocycles. The maximum atomic E-state index is 13.5. The molecule has 0 radical (unpaired) electrons. The number of ether oxygens (including phenoxy) is 1. The van der Waals surface area contributed by atoms with Gasteiger partial charge in [0.25, 0.3) is 5.91 Å². The molecule has 0 aromatic heterocycles. The molecule has 2 aromatic rings. The van der Waals surface area contributed by atoms with Gasteiger partial charge in [0, 0.05) is 24.3 Å². The van der Waals surface area contributed by atoms with E-state index in [0.29, 0.717) is 23.3 Å². The Morgan fingerprint density at radius 2 is 1.50 bits per heavy atom. The third kappa shape index (κ3) is 3.31. The topological polar surface area (TPSA) is 66.8 Å². The standard InChI is InChI=1S/C23H25NO4/c1-2-28-17-13-15-11-12-16(14-17)24(15)22(25)20-9-5-3-7-18(20)19-8-4-6-10-21(19)23(26)27/h3-10,15-17H,2,11-14H2,1H3,(H,26,27). The average Bonchev–Trinajstić information content (AvgIpc) is 2.98. The van der Waals surface area contributed by atoms with Gasteiger partial charge in [-0.1, -0.05) is 36.4 Å². The van der Waals surface area contributed by atoms with Crippen LogP contribution < -0.4 is 0 Å². The van der Waals surface area contributed by atoms with Crippen LogP contribution in [0.25, 0.3) is 11.1 Å². The maximum Gasteiger partial charge on any atom is 0.336 e. The summed E-state index contributed by atoms with van der Waals surface area (Å²) in [5.74, 6) is -0.992. The lowest BCUT2D eigenvalue weighted by Gasteiger charge is -2.39. The summed E-state index contributed by atoms with van der Waals surface area (Å²) in [7, 11) is 0. The van der Waals surface area contributed by atoms with E-state index < -0.39 is 5.97 Å². The van der Waals surface area contributed by atoms with Gasteiger partial charge >= 0.3 is 5.97 Å². The first-order valence-electron chi connectivity index (χ1n) is 9.96. The van der Waals surface area contributed by atoms with Gasteiger partial charge in [0.2, 0.25) is 0 Å². The van der Waals surface area contributed by atoms with Crippen LogP contribution >= 0.6 is 0 Å². The number of carboxylic acid groups (broad SMARTS) is 1.